The van der Waals surface area contributed by atoms with Gasteiger partial charge in [0, 0.05) is 56.9 Å². The summed E-state index contributed by atoms with van der Waals surface area (Å²) in [6, 6.07) is 39.8. The van der Waals surface area contributed by atoms with Crippen molar-refractivity contribution in [2.45, 2.75) is 3.91 Å². The summed E-state index contributed by atoms with van der Waals surface area (Å²) in [5.74, 6) is 0. The Morgan fingerprint density at radius 3 is 0.578 bits per heavy atom. The molecule has 8 nitrogen and oxygen atoms in total. The molecule has 0 radical (unpaired) electrons. The zero-order chi connectivity index (χ0) is 32.6. The van der Waals surface area contributed by atoms with Gasteiger partial charge in [0.05, 0.1) is 0 Å². The molecule has 0 saturated heterocycles. The predicted molar refractivity (Wildman–Crippen MR) is 186 cm³/mol. The summed E-state index contributed by atoms with van der Waals surface area (Å²) in [4.78, 5) is 0. The van der Waals surface area contributed by atoms with E-state index in [-0.39, 0.29) is 0 Å². The van der Waals surface area contributed by atoms with Gasteiger partial charge in [0.1, 0.15) is 0 Å². The molecule has 4 aromatic rings. The van der Waals surface area contributed by atoms with Gasteiger partial charge >= 0.3 is 34.2 Å². The average Bonchev–Trinajstić information content (AvgIpc) is 3.13. The summed E-state index contributed by atoms with van der Waals surface area (Å²) in [6.07, 6.45) is 0. The van der Waals surface area contributed by atoms with E-state index in [1.807, 2.05) is 121 Å². The molecule has 4 aromatic carbocycles. The Morgan fingerprint density at radius 1 is 0.289 bits per heavy atom. The second kappa shape index (κ2) is 14.9. The highest BCUT2D eigenvalue weighted by molar-refractivity contribution is 7.31. The highest BCUT2D eigenvalue weighted by atomic mass is 28.6. The maximum atomic E-state index is 6.97. The van der Waals surface area contributed by atoms with Gasteiger partial charge in [-0.1, -0.05) is 121 Å². The number of hydrogen-bond acceptors (Lipinski definition) is 8. The van der Waals surface area contributed by atoms with Gasteiger partial charge in [-0.05, 0) is 20.7 Å². The molecule has 0 aromatic heterocycles. The lowest BCUT2D eigenvalue weighted by molar-refractivity contribution is 0.164. The van der Waals surface area contributed by atoms with Gasteiger partial charge in [0.15, 0.2) is 3.91 Å². The standard InChI is InChI=1S/C33H44O8Si4/c1-34-42(35-2,29-21-13-9-14-22-29)33(43(36-3,37-4)30-23-15-10-16-24-30,44(38-5,39-6)31-25-17-11-18-26-31)45(40-7,41-8)32-27-19-12-20-28-32/h9-28H,1-8H3. The van der Waals surface area contributed by atoms with Crippen molar-refractivity contribution in [3.05, 3.63) is 121 Å². The molecule has 0 amide bonds. The van der Waals surface area contributed by atoms with Gasteiger partial charge < -0.3 is 35.4 Å². The van der Waals surface area contributed by atoms with Crippen LogP contribution in [0.25, 0.3) is 0 Å². The van der Waals surface area contributed by atoms with Crippen molar-refractivity contribution < 1.29 is 35.4 Å². The Hall–Kier alpha value is -2.57. The normalized spacial score (nSPS) is 13.2. The first kappa shape index (κ1) is 35.3. The van der Waals surface area contributed by atoms with E-state index < -0.39 is 38.2 Å². The van der Waals surface area contributed by atoms with Crippen molar-refractivity contribution in [1.82, 2.24) is 0 Å². The maximum absolute atomic E-state index is 6.97. The van der Waals surface area contributed by atoms with Crippen LogP contribution in [0.1, 0.15) is 0 Å². The minimum Gasteiger partial charge on any atom is -0.394 e. The zero-order valence-electron chi connectivity index (χ0n) is 27.3. The first-order chi connectivity index (χ1) is 21.9. The lowest BCUT2D eigenvalue weighted by atomic mass is 10.4. The smallest absolute Gasteiger partial charge is 0.385 e. The van der Waals surface area contributed by atoms with E-state index in [4.69, 9.17) is 35.4 Å². The van der Waals surface area contributed by atoms with Gasteiger partial charge in [-0.2, -0.15) is 0 Å². The Kier molecular flexibility index (Phi) is 11.7. The lowest BCUT2D eigenvalue weighted by Gasteiger charge is -2.62. The monoisotopic (exact) mass is 680 g/mol. The molecule has 4 rings (SSSR count). The van der Waals surface area contributed by atoms with Crippen LogP contribution in [-0.4, -0.2) is 91.1 Å². The molecule has 0 aliphatic carbocycles. The molecule has 0 heterocycles. The fourth-order valence-electron chi connectivity index (χ4n) is 7.30. The van der Waals surface area contributed by atoms with Gasteiger partial charge in [0.25, 0.3) is 0 Å². The van der Waals surface area contributed by atoms with E-state index in [1.165, 1.54) is 0 Å². The first-order valence-corrected chi connectivity index (χ1v) is 21.8. The van der Waals surface area contributed by atoms with Crippen LogP contribution in [0.3, 0.4) is 0 Å². The van der Waals surface area contributed by atoms with Gasteiger partial charge in [-0.25, -0.2) is 0 Å². The largest absolute Gasteiger partial charge is 0.394 e. The van der Waals surface area contributed by atoms with Crippen LogP contribution in [0.5, 0.6) is 0 Å². The van der Waals surface area contributed by atoms with Crippen LogP contribution >= 0.6 is 0 Å². The molecule has 12 heteroatoms. The summed E-state index contributed by atoms with van der Waals surface area (Å²) in [7, 11) is -2.75. The molecule has 0 atom stereocenters. The number of rotatable bonds is 16. The van der Waals surface area contributed by atoms with Crippen LogP contribution in [0.4, 0.5) is 0 Å². The van der Waals surface area contributed by atoms with Gasteiger partial charge in [-0.3, -0.25) is 0 Å². The minimum atomic E-state index is -4.04. The quantitative estimate of drug-likeness (QED) is 0.168. The van der Waals surface area contributed by atoms with Crippen molar-refractivity contribution in [2.24, 2.45) is 0 Å². The summed E-state index contributed by atoms with van der Waals surface area (Å²) in [5.41, 5.74) is 0. The van der Waals surface area contributed by atoms with E-state index >= 15 is 0 Å². The molecule has 0 fully saturated rings. The molecule has 240 valence electrons. The van der Waals surface area contributed by atoms with Crippen LogP contribution in [0.2, 0.25) is 3.91 Å². The molecule has 0 unspecified atom stereocenters. The van der Waals surface area contributed by atoms with E-state index in [2.05, 4.69) is 0 Å². The molecule has 0 aliphatic heterocycles. The third-order valence-electron chi connectivity index (χ3n) is 8.89. The Morgan fingerprint density at radius 2 is 0.444 bits per heavy atom. The topological polar surface area (TPSA) is 73.8 Å². The molecule has 0 spiro atoms. The fraction of sp³-hybridized carbons (Fsp3) is 0.273. The molecule has 0 aliphatic rings. The van der Waals surface area contributed by atoms with Crippen molar-refractivity contribution in [2.75, 3.05) is 56.9 Å². The van der Waals surface area contributed by atoms with Crippen molar-refractivity contribution in [1.29, 1.82) is 0 Å². The van der Waals surface area contributed by atoms with E-state index in [0.29, 0.717) is 0 Å². The molecule has 45 heavy (non-hydrogen) atoms. The highest BCUT2D eigenvalue weighted by Gasteiger charge is 2.93. The van der Waals surface area contributed by atoms with Gasteiger partial charge in [0.2, 0.25) is 0 Å². The van der Waals surface area contributed by atoms with Gasteiger partial charge in [-0.15, -0.1) is 0 Å². The second-order valence-corrected chi connectivity index (χ2v) is 26.8. The SMILES string of the molecule is CO[Si](OC)(c1ccccc1)C([Si](OC)(OC)c1ccccc1)([Si](OC)(OC)c1ccccc1)[Si](OC)(OC)c1ccccc1. The highest BCUT2D eigenvalue weighted by Crippen LogP contribution is 2.60. The zero-order valence-corrected chi connectivity index (χ0v) is 31.3. The third-order valence-corrected chi connectivity index (χ3v) is 33.7. The second-order valence-electron chi connectivity index (χ2n) is 10.3. The number of benzene rings is 4. The molecule has 0 N–H and O–H groups in total. The average molecular weight is 681 g/mol. The fourth-order valence-corrected chi connectivity index (χ4v) is 39.5. The number of hydrogen-bond donors (Lipinski definition) is 0. The Balaban J connectivity index is 2.52. The van der Waals surface area contributed by atoms with E-state index in [0.717, 1.165) is 20.7 Å². The first-order valence-electron chi connectivity index (χ1n) is 14.5. The van der Waals surface area contributed by atoms with Crippen LogP contribution in [0.15, 0.2) is 121 Å². The Bertz CT molecular complexity index is 1220. The van der Waals surface area contributed by atoms with Crippen LogP contribution in [-0.2, 0) is 35.4 Å². The lowest BCUT2D eigenvalue weighted by Crippen LogP contribution is -2.95. The molecule has 0 bridgehead atoms. The summed E-state index contributed by atoms with van der Waals surface area (Å²) in [5, 5.41) is 3.28. The summed E-state index contributed by atoms with van der Waals surface area (Å²) in [6.45, 7) is 0. The van der Waals surface area contributed by atoms with E-state index in [9.17, 15) is 0 Å². The molecular weight excluding hydrogens is 637 g/mol. The van der Waals surface area contributed by atoms with Crippen LogP contribution < -0.4 is 20.7 Å². The van der Waals surface area contributed by atoms with Crippen molar-refractivity contribution >= 4 is 55.0 Å². The van der Waals surface area contributed by atoms with Crippen molar-refractivity contribution in [3.63, 3.8) is 0 Å². The van der Waals surface area contributed by atoms with E-state index in [1.54, 1.807) is 56.9 Å². The molecular formula is C33H44O8Si4. The summed E-state index contributed by atoms with van der Waals surface area (Å²) >= 11 is 0. The minimum absolute atomic E-state index is 0.820. The maximum Gasteiger partial charge on any atom is 0.385 e. The van der Waals surface area contributed by atoms with Crippen LogP contribution in [0, 0.1) is 0 Å². The predicted octanol–water partition coefficient (Wildman–Crippen LogP) is 2.91. The molecule has 0 saturated carbocycles. The third kappa shape index (κ3) is 5.01. The Labute approximate surface area is 271 Å². The van der Waals surface area contributed by atoms with Crippen molar-refractivity contribution in [3.8, 4) is 0 Å². The summed E-state index contributed by atoms with van der Waals surface area (Å²) < 4.78 is 54.3.